The number of rotatable bonds is 4. The maximum Gasteiger partial charge on any atom is 0.158 e. The quantitative estimate of drug-likeness (QED) is 0.776. The first-order chi connectivity index (χ1) is 7.84. The Labute approximate surface area is 95.4 Å². The lowest BCUT2D eigenvalue weighted by atomic mass is 10.0. The summed E-state index contributed by atoms with van der Waals surface area (Å²) in [6.45, 7) is 2.11. The second-order valence-electron chi connectivity index (χ2n) is 4.12. The van der Waals surface area contributed by atoms with Crippen molar-refractivity contribution in [2.24, 2.45) is 5.92 Å². The van der Waals surface area contributed by atoms with Gasteiger partial charge in [0.05, 0.1) is 19.8 Å². The maximum absolute atomic E-state index is 11.1. The minimum Gasteiger partial charge on any atom is -0.376 e. The van der Waals surface area contributed by atoms with E-state index in [0.29, 0.717) is 26.2 Å². The number of ether oxygens (including phenoxy) is 2. The minimum absolute atomic E-state index is 0.180. The number of hydrogen-bond donors (Lipinski definition) is 0. The van der Waals surface area contributed by atoms with Gasteiger partial charge in [-0.05, 0) is 5.56 Å². The van der Waals surface area contributed by atoms with Gasteiger partial charge in [-0.1, -0.05) is 30.3 Å². The van der Waals surface area contributed by atoms with Crippen molar-refractivity contribution in [3.63, 3.8) is 0 Å². The molecule has 0 N–H and O–H groups in total. The Morgan fingerprint density at radius 3 is 2.88 bits per heavy atom. The van der Waals surface area contributed by atoms with Crippen molar-refractivity contribution >= 4 is 5.78 Å². The molecule has 0 saturated carbocycles. The molecule has 0 spiro atoms. The summed E-state index contributed by atoms with van der Waals surface area (Å²) in [4.78, 5) is 11.1. The summed E-state index contributed by atoms with van der Waals surface area (Å²) in [5.41, 5.74) is 1.16. The van der Waals surface area contributed by atoms with Gasteiger partial charge in [0.25, 0.3) is 0 Å². The van der Waals surface area contributed by atoms with Crippen molar-refractivity contribution < 1.29 is 14.3 Å². The van der Waals surface area contributed by atoms with Crippen LogP contribution >= 0.6 is 0 Å². The van der Waals surface area contributed by atoms with Gasteiger partial charge >= 0.3 is 0 Å². The van der Waals surface area contributed by atoms with Crippen LogP contribution in [0, 0.1) is 5.92 Å². The highest BCUT2D eigenvalue weighted by atomic mass is 16.5. The van der Waals surface area contributed by atoms with E-state index in [-0.39, 0.29) is 18.3 Å². The molecule has 1 aromatic rings. The van der Waals surface area contributed by atoms with Gasteiger partial charge in [-0.3, -0.25) is 4.79 Å². The summed E-state index contributed by atoms with van der Waals surface area (Å²) < 4.78 is 10.7. The van der Waals surface area contributed by atoms with Crippen molar-refractivity contribution in [1.82, 2.24) is 0 Å². The Kier molecular flexibility index (Phi) is 4.08. The third-order valence-electron chi connectivity index (χ3n) is 2.60. The largest absolute Gasteiger partial charge is 0.376 e. The Balaban J connectivity index is 1.70. The average molecular weight is 220 g/mol. The summed E-state index contributed by atoms with van der Waals surface area (Å²) >= 11 is 0. The lowest BCUT2D eigenvalue weighted by Gasteiger charge is -2.20. The molecule has 0 aliphatic carbocycles. The molecule has 0 bridgehead atoms. The topological polar surface area (TPSA) is 35.5 Å². The van der Waals surface area contributed by atoms with Crippen molar-refractivity contribution in [2.75, 3.05) is 19.8 Å². The van der Waals surface area contributed by atoms with E-state index in [1.165, 1.54) is 0 Å². The van der Waals surface area contributed by atoms with Crippen molar-refractivity contribution in [2.45, 2.75) is 13.0 Å². The zero-order valence-electron chi connectivity index (χ0n) is 9.22. The van der Waals surface area contributed by atoms with Gasteiger partial charge < -0.3 is 9.47 Å². The van der Waals surface area contributed by atoms with Gasteiger partial charge in [0.15, 0.2) is 5.78 Å². The number of carbonyl (C=O) groups excluding carboxylic acids is 1. The predicted octanol–water partition coefficient (Wildman–Crippen LogP) is 1.81. The molecule has 1 aromatic carbocycles. The molecule has 0 radical (unpaired) electrons. The SMILES string of the molecule is O=C1COC[C@H](COCc2ccccc2)C1. The number of ketones is 1. The number of benzene rings is 1. The molecular weight excluding hydrogens is 204 g/mol. The molecule has 2 rings (SSSR count). The number of carbonyl (C=O) groups is 1. The summed E-state index contributed by atoms with van der Waals surface area (Å²) in [5.74, 6) is 0.407. The highest BCUT2D eigenvalue weighted by Crippen LogP contribution is 2.12. The summed E-state index contributed by atoms with van der Waals surface area (Å²) in [6, 6.07) is 10.0. The van der Waals surface area contributed by atoms with Crippen molar-refractivity contribution in [3.8, 4) is 0 Å². The van der Waals surface area contributed by atoms with Crippen LogP contribution in [0.3, 0.4) is 0 Å². The van der Waals surface area contributed by atoms with Gasteiger partial charge in [0, 0.05) is 12.3 Å². The van der Waals surface area contributed by atoms with Crippen LogP contribution in [-0.2, 0) is 20.9 Å². The molecule has 1 saturated heterocycles. The third-order valence-corrected chi connectivity index (χ3v) is 2.60. The molecule has 1 heterocycles. The van der Waals surface area contributed by atoms with Crippen molar-refractivity contribution in [3.05, 3.63) is 35.9 Å². The Bertz CT molecular complexity index is 334. The average Bonchev–Trinajstić information content (AvgIpc) is 2.30. The fraction of sp³-hybridized carbons (Fsp3) is 0.462. The molecule has 3 nitrogen and oxygen atoms in total. The second kappa shape index (κ2) is 5.77. The maximum atomic E-state index is 11.1. The van der Waals surface area contributed by atoms with Gasteiger partial charge in [-0.25, -0.2) is 0 Å². The molecule has 1 aliphatic heterocycles. The number of Topliss-reactive ketones (excluding diaryl/α,β-unsaturated/α-hetero) is 1. The van der Waals surface area contributed by atoms with Crippen LogP contribution < -0.4 is 0 Å². The van der Waals surface area contributed by atoms with E-state index in [2.05, 4.69) is 0 Å². The van der Waals surface area contributed by atoms with Gasteiger partial charge in [-0.2, -0.15) is 0 Å². The second-order valence-corrected chi connectivity index (χ2v) is 4.12. The molecule has 3 heteroatoms. The highest BCUT2D eigenvalue weighted by Gasteiger charge is 2.19. The van der Waals surface area contributed by atoms with Crippen LogP contribution in [0.4, 0.5) is 0 Å². The van der Waals surface area contributed by atoms with E-state index in [4.69, 9.17) is 9.47 Å². The van der Waals surface area contributed by atoms with E-state index < -0.39 is 0 Å². The fourth-order valence-corrected chi connectivity index (χ4v) is 1.80. The predicted molar refractivity (Wildman–Crippen MR) is 60.0 cm³/mol. The Hall–Kier alpha value is -1.19. The van der Waals surface area contributed by atoms with E-state index in [1.54, 1.807) is 0 Å². The molecule has 1 fully saturated rings. The molecule has 0 unspecified atom stereocenters. The molecule has 86 valence electrons. The van der Waals surface area contributed by atoms with Crippen LogP contribution in [-0.4, -0.2) is 25.6 Å². The lowest BCUT2D eigenvalue weighted by molar-refractivity contribution is -0.131. The van der Waals surface area contributed by atoms with Gasteiger partial charge in [-0.15, -0.1) is 0 Å². The first-order valence-corrected chi connectivity index (χ1v) is 5.55. The van der Waals surface area contributed by atoms with Gasteiger partial charge in [0.2, 0.25) is 0 Å². The first-order valence-electron chi connectivity index (χ1n) is 5.55. The van der Waals surface area contributed by atoms with E-state index in [9.17, 15) is 4.79 Å². The molecule has 16 heavy (non-hydrogen) atoms. The van der Waals surface area contributed by atoms with Crippen LogP contribution in [0.2, 0.25) is 0 Å². The summed E-state index contributed by atoms with van der Waals surface area (Å²) in [6.07, 6.45) is 0.592. The third kappa shape index (κ3) is 3.43. The summed E-state index contributed by atoms with van der Waals surface area (Å²) in [7, 11) is 0. The van der Waals surface area contributed by atoms with Crippen LogP contribution in [0.5, 0.6) is 0 Å². The van der Waals surface area contributed by atoms with Crippen LogP contribution in [0.25, 0.3) is 0 Å². The zero-order valence-corrected chi connectivity index (χ0v) is 9.22. The Morgan fingerprint density at radius 1 is 1.31 bits per heavy atom. The van der Waals surface area contributed by atoms with E-state index >= 15 is 0 Å². The van der Waals surface area contributed by atoms with Gasteiger partial charge in [0.1, 0.15) is 6.61 Å². The molecule has 1 atom stereocenters. The molecule has 0 aromatic heterocycles. The smallest absolute Gasteiger partial charge is 0.158 e. The molecule has 1 aliphatic rings. The fourth-order valence-electron chi connectivity index (χ4n) is 1.80. The normalized spacial score (nSPS) is 21.0. The molecule has 0 amide bonds. The first kappa shape index (κ1) is 11.3. The molecular formula is C13H16O3. The van der Waals surface area contributed by atoms with E-state index in [1.807, 2.05) is 30.3 Å². The standard InChI is InChI=1S/C13H16O3/c14-13-6-12(9-16-10-13)8-15-7-11-4-2-1-3-5-11/h1-5,12H,6-10H2/t12-/m0/s1. The zero-order chi connectivity index (χ0) is 11.2. The van der Waals surface area contributed by atoms with Crippen molar-refractivity contribution in [1.29, 1.82) is 0 Å². The number of hydrogen-bond acceptors (Lipinski definition) is 3. The summed E-state index contributed by atoms with van der Waals surface area (Å²) in [5, 5.41) is 0. The van der Waals surface area contributed by atoms with E-state index in [0.717, 1.165) is 5.56 Å². The lowest BCUT2D eigenvalue weighted by Crippen LogP contribution is -2.28. The van der Waals surface area contributed by atoms with Crippen LogP contribution in [0.15, 0.2) is 30.3 Å². The monoisotopic (exact) mass is 220 g/mol. The highest BCUT2D eigenvalue weighted by molar-refractivity contribution is 5.80. The Morgan fingerprint density at radius 2 is 2.12 bits per heavy atom. The minimum atomic E-state index is 0.180. The van der Waals surface area contributed by atoms with Crippen LogP contribution in [0.1, 0.15) is 12.0 Å².